The van der Waals surface area contributed by atoms with Gasteiger partial charge in [0.25, 0.3) is 0 Å². The van der Waals surface area contributed by atoms with Crippen LogP contribution >= 0.6 is 0 Å². The summed E-state index contributed by atoms with van der Waals surface area (Å²) in [6, 6.07) is 7.96. The van der Waals surface area contributed by atoms with Gasteiger partial charge in [-0.1, -0.05) is 6.42 Å². The molecule has 0 unspecified atom stereocenters. The van der Waals surface area contributed by atoms with Crippen molar-refractivity contribution in [1.29, 1.82) is 0 Å². The van der Waals surface area contributed by atoms with Crippen LogP contribution < -0.4 is 10.6 Å². The van der Waals surface area contributed by atoms with Gasteiger partial charge >= 0.3 is 0 Å². The summed E-state index contributed by atoms with van der Waals surface area (Å²) in [5.41, 5.74) is 7.24. The molecule has 1 fully saturated rings. The zero-order valence-electron chi connectivity index (χ0n) is 11.1. The van der Waals surface area contributed by atoms with Crippen molar-refractivity contribution in [1.82, 2.24) is 4.90 Å². The van der Waals surface area contributed by atoms with Crippen molar-refractivity contribution in [3.05, 3.63) is 24.3 Å². The summed E-state index contributed by atoms with van der Waals surface area (Å²) in [4.78, 5) is 16.0. The van der Waals surface area contributed by atoms with Crippen molar-refractivity contribution in [2.75, 3.05) is 31.3 Å². The predicted molar refractivity (Wildman–Crippen MR) is 74.5 cm³/mol. The van der Waals surface area contributed by atoms with E-state index in [4.69, 9.17) is 5.73 Å². The Balaban J connectivity index is 1.93. The van der Waals surface area contributed by atoms with Crippen LogP contribution in [-0.2, 0) is 4.79 Å². The van der Waals surface area contributed by atoms with Crippen LogP contribution in [0.3, 0.4) is 0 Å². The Kier molecular flexibility index (Phi) is 3.87. The molecule has 18 heavy (non-hydrogen) atoms. The van der Waals surface area contributed by atoms with Crippen LogP contribution in [-0.4, -0.2) is 37.5 Å². The molecule has 2 N–H and O–H groups in total. The minimum absolute atomic E-state index is 0.120. The lowest BCUT2D eigenvalue weighted by atomic mass is 9.92. The number of rotatable bonds is 4. The zero-order chi connectivity index (χ0) is 13.1. The highest BCUT2D eigenvalue weighted by Gasteiger charge is 2.24. The number of carbonyl (C=O) groups excluding carboxylic acids is 1. The second kappa shape index (κ2) is 5.40. The lowest BCUT2D eigenvalue weighted by Crippen LogP contribution is -2.44. The molecule has 0 bridgehead atoms. The fraction of sp³-hybridized carbons (Fsp3) is 0.500. The van der Waals surface area contributed by atoms with Gasteiger partial charge in [-0.3, -0.25) is 9.69 Å². The molecular formula is C14H21N3O. The minimum atomic E-state index is 0.120. The molecule has 4 nitrogen and oxygen atoms in total. The smallest absolute Gasteiger partial charge is 0.240 e. The fourth-order valence-corrected chi connectivity index (χ4v) is 2.12. The Morgan fingerprint density at radius 3 is 2.39 bits per heavy atom. The first-order valence-electron chi connectivity index (χ1n) is 6.40. The van der Waals surface area contributed by atoms with E-state index in [0.29, 0.717) is 18.3 Å². The SMILES string of the molecule is CN(C(=O)CN(C)C1CCC1)c1ccc(N)cc1. The van der Waals surface area contributed by atoms with Crippen molar-refractivity contribution in [3.8, 4) is 0 Å². The zero-order valence-corrected chi connectivity index (χ0v) is 11.1. The molecule has 1 aliphatic rings. The van der Waals surface area contributed by atoms with Gasteiger partial charge < -0.3 is 10.6 Å². The van der Waals surface area contributed by atoms with Gasteiger partial charge in [-0.25, -0.2) is 0 Å². The second-order valence-electron chi connectivity index (χ2n) is 5.04. The third kappa shape index (κ3) is 2.82. The summed E-state index contributed by atoms with van der Waals surface area (Å²) in [5.74, 6) is 0.120. The normalized spacial score (nSPS) is 15.5. The van der Waals surface area contributed by atoms with E-state index in [0.717, 1.165) is 5.69 Å². The molecule has 0 heterocycles. The molecule has 1 aliphatic carbocycles. The van der Waals surface area contributed by atoms with Gasteiger partial charge in [0.05, 0.1) is 6.54 Å². The third-order valence-corrected chi connectivity index (χ3v) is 3.74. The Labute approximate surface area is 108 Å². The maximum atomic E-state index is 12.1. The average molecular weight is 247 g/mol. The molecule has 0 aromatic heterocycles. The average Bonchev–Trinajstić information content (AvgIpc) is 2.26. The molecule has 4 heteroatoms. The number of hydrogen-bond acceptors (Lipinski definition) is 3. The molecule has 0 saturated heterocycles. The van der Waals surface area contributed by atoms with Crippen LogP contribution in [0.4, 0.5) is 11.4 Å². The van der Waals surface area contributed by atoms with Gasteiger partial charge in [0, 0.05) is 24.5 Å². The lowest BCUT2D eigenvalue weighted by Gasteiger charge is -2.35. The second-order valence-corrected chi connectivity index (χ2v) is 5.04. The Morgan fingerprint density at radius 1 is 1.28 bits per heavy atom. The quantitative estimate of drug-likeness (QED) is 0.824. The van der Waals surface area contributed by atoms with Crippen LogP contribution in [0, 0.1) is 0 Å². The Hall–Kier alpha value is -1.55. The molecular weight excluding hydrogens is 226 g/mol. The molecule has 2 rings (SSSR count). The van der Waals surface area contributed by atoms with Gasteiger partial charge in [-0.2, -0.15) is 0 Å². The summed E-state index contributed by atoms with van der Waals surface area (Å²) >= 11 is 0. The Morgan fingerprint density at radius 2 is 1.89 bits per heavy atom. The lowest BCUT2D eigenvalue weighted by molar-refractivity contribution is -0.120. The molecule has 0 atom stereocenters. The van der Waals surface area contributed by atoms with E-state index in [1.54, 1.807) is 4.90 Å². The number of amides is 1. The third-order valence-electron chi connectivity index (χ3n) is 3.74. The summed E-state index contributed by atoms with van der Waals surface area (Å²) in [6.07, 6.45) is 3.72. The monoisotopic (exact) mass is 247 g/mol. The van der Waals surface area contributed by atoms with E-state index in [2.05, 4.69) is 4.90 Å². The number of likely N-dealkylation sites (N-methyl/N-ethyl adjacent to an activating group) is 2. The summed E-state index contributed by atoms with van der Waals surface area (Å²) in [7, 11) is 3.83. The first-order valence-corrected chi connectivity index (χ1v) is 6.40. The van der Waals surface area contributed by atoms with Gasteiger partial charge in [0.2, 0.25) is 5.91 Å². The molecule has 98 valence electrons. The van der Waals surface area contributed by atoms with E-state index in [1.807, 2.05) is 38.4 Å². The van der Waals surface area contributed by atoms with E-state index >= 15 is 0 Å². The number of nitrogens with two attached hydrogens (primary N) is 1. The van der Waals surface area contributed by atoms with Crippen LogP contribution in [0.25, 0.3) is 0 Å². The molecule has 0 aliphatic heterocycles. The van der Waals surface area contributed by atoms with Crippen molar-refractivity contribution < 1.29 is 4.79 Å². The maximum absolute atomic E-state index is 12.1. The number of anilines is 2. The first-order chi connectivity index (χ1) is 8.58. The summed E-state index contributed by atoms with van der Waals surface area (Å²) < 4.78 is 0. The number of nitrogens with zero attached hydrogens (tertiary/aromatic N) is 2. The summed E-state index contributed by atoms with van der Waals surface area (Å²) in [6.45, 7) is 0.478. The standard InChI is InChI=1S/C14H21N3O/c1-16(12-4-3-5-12)10-14(18)17(2)13-8-6-11(15)7-9-13/h6-9,12H,3-5,10,15H2,1-2H3. The molecule has 0 radical (unpaired) electrons. The van der Waals surface area contributed by atoms with Gasteiger partial charge in [0.15, 0.2) is 0 Å². The number of hydrogen-bond donors (Lipinski definition) is 1. The van der Waals surface area contributed by atoms with E-state index in [-0.39, 0.29) is 5.91 Å². The van der Waals surface area contributed by atoms with Crippen molar-refractivity contribution >= 4 is 17.3 Å². The maximum Gasteiger partial charge on any atom is 0.240 e. The summed E-state index contributed by atoms with van der Waals surface area (Å²) in [5, 5.41) is 0. The number of nitrogen functional groups attached to an aromatic ring is 1. The highest BCUT2D eigenvalue weighted by molar-refractivity contribution is 5.94. The van der Waals surface area contributed by atoms with Crippen molar-refractivity contribution in [3.63, 3.8) is 0 Å². The number of carbonyl (C=O) groups is 1. The van der Waals surface area contributed by atoms with Gasteiger partial charge in [0.1, 0.15) is 0 Å². The van der Waals surface area contributed by atoms with Crippen molar-refractivity contribution in [2.45, 2.75) is 25.3 Å². The predicted octanol–water partition coefficient (Wildman–Crippen LogP) is 1.72. The highest BCUT2D eigenvalue weighted by Crippen LogP contribution is 2.23. The van der Waals surface area contributed by atoms with E-state index in [9.17, 15) is 4.79 Å². The number of benzene rings is 1. The topological polar surface area (TPSA) is 49.6 Å². The fourth-order valence-electron chi connectivity index (χ4n) is 2.12. The van der Waals surface area contributed by atoms with Crippen molar-refractivity contribution in [2.24, 2.45) is 0 Å². The Bertz CT molecular complexity index is 412. The molecule has 0 spiro atoms. The van der Waals surface area contributed by atoms with Crippen LogP contribution in [0.5, 0.6) is 0 Å². The van der Waals surface area contributed by atoms with Crippen LogP contribution in [0.1, 0.15) is 19.3 Å². The molecule has 1 aromatic rings. The minimum Gasteiger partial charge on any atom is -0.399 e. The van der Waals surface area contributed by atoms with Crippen LogP contribution in [0.2, 0.25) is 0 Å². The van der Waals surface area contributed by atoms with E-state index in [1.165, 1.54) is 19.3 Å². The highest BCUT2D eigenvalue weighted by atomic mass is 16.2. The molecule has 1 aromatic carbocycles. The first kappa shape index (κ1) is 12.9. The van der Waals surface area contributed by atoms with Crippen LogP contribution in [0.15, 0.2) is 24.3 Å². The van der Waals surface area contributed by atoms with Gasteiger partial charge in [-0.05, 0) is 44.2 Å². The van der Waals surface area contributed by atoms with Gasteiger partial charge in [-0.15, -0.1) is 0 Å². The largest absolute Gasteiger partial charge is 0.399 e. The molecule has 1 amide bonds. The van der Waals surface area contributed by atoms with E-state index < -0.39 is 0 Å². The molecule has 1 saturated carbocycles.